The predicted molar refractivity (Wildman–Crippen MR) is 124 cm³/mol. The molecule has 0 bridgehead atoms. The van der Waals surface area contributed by atoms with Gasteiger partial charge in [0.05, 0.1) is 0 Å². The van der Waals surface area contributed by atoms with E-state index in [0.717, 1.165) is 48.3 Å². The first kappa shape index (κ1) is 24.5. The van der Waals surface area contributed by atoms with Crippen molar-refractivity contribution in [1.29, 1.82) is 0 Å². The summed E-state index contributed by atoms with van der Waals surface area (Å²) >= 11 is 0. The zero-order valence-electron chi connectivity index (χ0n) is 20.2. The molecule has 4 aliphatic rings. The van der Waals surface area contributed by atoms with Crippen LogP contribution in [0.1, 0.15) is 111 Å². The van der Waals surface area contributed by atoms with Gasteiger partial charge in [-0.2, -0.15) is 0 Å². The third-order valence-corrected chi connectivity index (χ3v) is 11.2. The molecule has 0 spiro atoms. The van der Waals surface area contributed by atoms with E-state index in [2.05, 4.69) is 20.8 Å². The van der Waals surface area contributed by atoms with Gasteiger partial charge in [-0.05, 0) is 104 Å². The van der Waals surface area contributed by atoms with Gasteiger partial charge in [0.25, 0.3) is 0 Å². The SMILES string of the molecule is CC(CCC[C@@H](C)[C@H]1CC[C@H]2[C@@H]3CCC4CCCC[C@]4(C)[C@H]3CC[C@]12C)C(O)O.O. The average Bonchev–Trinajstić information content (AvgIpc) is 3.04. The van der Waals surface area contributed by atoms with Crippen LogP contribution in [0.2, 0.25) is 0 Å². The molecule has 0 aromatic heterocycles. The average molecular weight is 423 g/mol. The fourth-order valence-electron chi connectivity index (χ4n) is 9.38. The topological polar surface area (TPSA) is 72.0 Å². The lowest BCUT2D eigenvalue weighted by Crippen LogP contribution is -2.53. The summed E-state index contributed by atoms with van der Waals surface area (Å²) in [7, 11) is 0. The van der Waals surface area contributed by atoms with Crippen LogP contribution in [0.25, 0.3) is 0 Å². The Hall–Kier alpha value is -0.120. The van der Waals surface area contributed by atoms with Crippen LogP contribution in [0.4, 0.5) is 0 Å². The second-order valence-electron chi connectivity index (χ2n) is 12.4. The molecule has 0 aromatic carbocycles. The molecule has 0 amide bonds. The number of aliphatic hydroxyl groups is 2. The quantitative estimate of drug-likeness (QED) is 0.518. The van der Waals surface area contributed by atoms with Gasteiger partial charge < -0.3 is 15.7 Å². The molecule has 4 fully saturated rings. The maximum atomic E-state index is 9.36. The van der Waals surface area contributed by atoms with Gasteiger partial charge >= 0.3 is 0 Å². The van der Waals surface area contributed by atoms with Gasteiger partial charge in [-0.1, -0.05) is 53.4 Å². The van der Waals surface area contributed by atoms with Crippen LogP contribution in [0.5, 0.6) is 0 Å². The molecule has 0 saturated heterocycles. The van der Waals surface area contributed by atoms with E-state index in [-0.39, 0.29) is 11.4 Å². The van der Waals surface area contributed by atoms with E-state index in [0.29, 0.717) is 10.8 Å². The third kappa shape index (κ3) is 4.13. The van der Waals surface area contributed by atoms with E-state index in [1.165, 1.54) is 70.6 Å². The fraction of sp³-hybridized carbons (Fsp3) is 1.00. The first-order chi connectivity index (χ1) is 13.8. The summed E-state index contributed by atoms with van der Waals surface area (Å²) in [6.07, 6.45) is 17.2. The Morgan fingerprint density at radius 3 is 2.27 bits per heavy atom. The van der Waals surface area contributed by atoms with Crippen LogP contribution in [-0.4, -0.2) is 22.0 Å². The van der Waals surface area contributed by atoms with Crippen LogP contribution < -0.4 is 0 Å². The Labute approximate surface area is 185 Å². The molecule has 4 rings (SSSR count). The van der Waals surface area contributed by atoms with Gasteiger partial charge in [-0.3, -0.25) is 0 Å². The predicted octanol–water partition coefficient (Wildman–Crippen LogP) is 5.96. The van der Waals surface area contributed by atoms with Crippen molar-refractivity contribution in [3.8, 4) is 0 Å². The first-order valence-electron chi connectivity index (χ1n) is 13.1. The Bertz CT molecular complexity index is 562. The van der Waals surface area contributed by atoms with E-state index in [9.17, 15) is 10.2 Å². The summed E-state index contributed by atoms with van der Waals surface area (Å²) in [4.78, 5) is 0. The number of fused-ring (bicyclic) bond motifs is 5. The molecule has 2 unspecified atom stereocenters. The van der Waals surface area contributed by atoms with Crippen molar-refractivity contribution >= 4 is 0 Å². The minimum Gasteiger partial charge on any atom is -0.412 e. The molecule has 4 saturated carbocycles. The minimum atomic E-state index is -1.15. The summed E-state index contributed by atoms with van der Waals surface area (Å²) in [5.74, 6) is 5.71. The van der Waals surface area contributed by atoms with Crippen molar-refractivity contribution in [2.45, 2.75) is 117 Å². The van der Waals surface area contributed by atoms with E-state index in [1.807, 2.05) is 6.92 Å². The van der Waals surface area contributed by atoms with Crippen molar-refractivity contribution in [3.05, 3.63) is 0 Å². The number of aliphatic hydroxyl groups excluding tert-OH is 1. The van der Waals surface area contributed by atoms with Crippen LogP contribution in [0.3, 0.4) is 0 Å². The molecule has 3 nitrogen and oxygen atoms in total. The Morgan fingerprint density at radius 2 is 1.53 bits per heavy atom. The van der Waals surface area contributed by atoms with Gasteiger partial charge in [0, 0.05) is 5.92 Å². The molecule has 4 aliphatic carbocycles. The Balaban J connectivity index is 0.00000256. The van der Waals surface area contributed by atoms with Gasteiger partial charge in [-0.15, -0.1) is 0 Å². The van der Waals surface area contributed by atoms with Crippen LogP contribution in [-0.2, 0) is 0 Å². The molecule has 0 aliphatic heterocycles. The van der Waals surface area contributed by atoms with Crippen molar-refractivity contribution in [3.63, 3.8) is 0 Å². The Kier molecular flexibility index (Phi) is 7.68. The lowest BCUT2D eigenvalue weighted by Gasteiger charge is -2.61. The third-order valence-electron chi connectivity index (χ3n) is 11.2. The van der Waals surface area contributed by atoms with Gasteiger partial charge in [0.2, 0.25) is 0 Å². The van der Waals surface area contributed by atoms with Crippen LogP contribution in [0, 0.1) is 52.3 Å². The lowest BCUT2D eigenvalue weighted by atomic mass is 9.44. The molecule has 4 N–H and O–H groups in total. The normalized spacial score (nSPS) is 45.1. The lowest BCUT2D eigenvalue weighted by molar-refractivity contribution is -0.114. The van der Waals surface area contributed by atoms with Crippen LogP contribution in [0.15, 0.2) is 0 Å². The fourth-order valence-corrected chi connectivity index (χ4v) is 9.38. The molecule has 3 heteroatoms. The summed E-state index contributed by atoms with van der Waals surface area (Å²) in [6, 6.07) is 0. The Morgan fingerprint density at radius 1 is 0.800 bits per heavy atom. The van der Waals surface area contributed by atoms with Gasteiger partial charge in [0.1, 0.15) is 0 Å². The highest BCUT2D eigenvalue weighted by atomic mass is 16.5. The summed E-state index contributed by atoms with van der Waals surface area (Å²) < 4.78 is 0. The summed E-state index contributed by atoms with van der Waals surface area (Å²) in [6.45, 7) is 9.84. The number of hydrogen-bond acceptors (Lipinski definition) is 2. The standard InChI is InChI=1S/C27H48O2.H2O/c1-18(8-7-9-19(2)25(28)29)22-13-14-23-21-12-11-20-10-5-6-16-26(20,3)24(21)15-17-27(22,23)4;/h18-25,28-29H,5-17H2,1-4H3;1H2/t18-,19?,20?,21+,22-,23+,24+,26+,27-;/m1./s1. The van der Waals surface area contributed by atoms with Crippen molar-refractivity contribution in [2.75, 3.05) is 0 Å². The summed E-state index contributed by atoms with van der Waals surface area (Å²) in [5, 5.41) is 18.7. The van der Waals surface area contributed by atoms with Crippen molar-refractivity contribution in [2.24, 2.45) is 52.3 Å². The van der Waals surface area contributed by atoms with E-state index >= 15 is 0 Å². The second kappa shape index (κ2) is 9.40. The van der Waals surface area contributed by atoms with Crippen molar-refractivity contribution < 1.29 is 15.7 Å². The van der Waals surface area contributed by atoms with Crippen LogP contribution >= 0.6 is 0 Å². The van der Waals surface area contributed by atoms with E-state index in [4.69, 9.17) is 0 Å². The molecule has 176 valence electrons. The first-order valence-corrected chi connectivity index (χ1v) is 13.1. The summed E-state index contributed by atoms with van der Waals surface area (Å²) in [5.41, 5.74) is 1.23. The maximum absolute atomic E-state index is 9.36. The highest BCUT2D eigenvalue weighted by Crippen LogP contribution is 2.68. The highest BCUT2D eigenvalue weighted by molar-refractivity contribution is 5.09. The largest absolute Gasteiger partial charge is 0.412 e. The van der Waals surface area contributed by atoms with Gasteiger partial charge in [0.15, 0.2) is 6.29 Å². The zero-order chi connectivity index (χ0) is 20.8. The maximum Gasteiger partial charge on any atom is 0.154 e. The molecule has 9 atom stereocenters. The highest BCUT2D eigenvalue weighted by Gasteiger charge is 2.60. The second-order valence-corrected chi connectivity index (χ2v) is 12.4. The molecule has 0 aromatic rings. The van der Waals surface area contributed by atoms with Crippen molar-refractivity contribution in [1.82, 2.24) is 0 Å². The number of hydrogen-bond donors (Lipinski definition) is 2. The number of rotatable bonds is 6. The van der Waals surface area contributed by atoms with E-state index < -0.39 is 6.29 Å². The zero-order valence-corrected chi connectivity index (χ0v) is 20.2. The molecule has 30 heavy (non-hydrogen) atoms. The molecule has 0 heterocycles. The smallest absolute Gasteiger partial charge is 0.154 e. The molecular formula is C27H50O3. The molecular weight excluding hydrogens is 372 g/mol. The minimum absolute atomic E-state index is 0. The monoisotopic (exact) mass is 422 g/mol. The molecule has 0 radical (unpaired) electrons. The van der Waals surface area contributed by atoms with E-state index in [1.54, 1.807) is 0 Å². The van der Waals surface area contributed by atoms with Gasteiger partial charge in [-0.25, -0.2) is 0 Å².